The lowest BCUT2D eigenvalue weighted by Crippen LogP contribution is -2.14. The number of nitriles is 2. The highest BCUT2D eigenvalue weighted by atomic mass is 32.1. The Labute approximate surface area is 203 Å². The van der Waals surface area contributed by atoms with Crippen LogP contribution in [0.4, 0.5) is 5.69 Å². The molecule has 1 aliphatic rings. The lowest BCUT2D eigenvalue weighted by Gasteiger charge is -2.11. The Hall–Kier alpha value is -3.81. The third kappa shape index (κ3) is 4.23. The van der Waals surface area contributed by atoms with Gasteiger partial charge in [-0.15, -0.1) is 11.3 Å². The normalized spacial score (nSPS) is 13.1. The minimum absolute atomic E-state index is 0.00482. The molecule has 0 atom stereocenters. The molecule has 0 fully saturated rings. The number of carbonyl (C=O) groups excluding carboxylic acids is 1. The molecular weight excluding hydrogens is 444 g/mol. The number of thiophene rings is 1. The molecule has 0 bridgehead atoms. The number of benzene rings is 1. The maximum absolute atomic E-state index is 12.9. The van der Waals surface area contributed by atoms with Gasteiger partial charge in [0.05, 0.1) is 18.4 Å². The van der Waals surface area contributed by atoms with Crippen LogP contribution in [0, 0.1) is 43.4 Å². The number of anilines is 1. The number of nitrogens with zero attached hydrogens (tertiary/aromatic N) is 3. The van der Waals surface area contributed by atoms with E-state index >= 15 is 0 Å². The molecule has 6 nitrogen and oxygen atoms in total. The number of ether oxygens (including phenoxy) is 1. The highest BCUT2D eigenvalue weighted by Gasteiger charge is 2.24. The average Bonchev–Trinajstić information content (AvgIpc) is 3.32. The molecule has 0 saturated carbocycles. The Bertz CT molecular complexity index is 1400. The van der Waals surface area contributed by atoms with E-state index in [0.29, 0.717) is 11.4 Å². The summed E-state index contributed by atoms with van der Waals surface area (Å²) in [5.41, 5.74) is 6.03. The number of aryl methyl sites for hydroxylation is 3. The Balaban J connectivity index is 1.71. The lowest BCUT2D eigenvalue weighted by molar-refractivity contribution is -0.112. The summed E-state index contributed by atoms with van der Waals surface area (Å²) in [5, 5.41) is 23.4. The lowest BCUT2D eigenvalue weighted by atomic mass is 9.96. The summed E-state index contributed by atoms with van der Waals surface area (Å²) in [5.74, 6) is 0.0283. The van der Waals surface area contributed by atoms with E-state index in [4.69, 9.17) is 4.74 Å². The molecule has 0 aliphatic heterocycles. The van der Waals surface area contributed by atoms with Gasteiger partial charge in [0.15, 0.2) is 0 Å². The molecule has 1 aromatic carbocycles. The molecule has 0 spiro atoms. The fourth-order valence-electron chi connectivity index (χ4n) is 4.48. The zero-order chi connectivity index (χ0) is 24.4. The standard InChI is InChI=1S/C27H26N4O2S/c1-16-9-10-24(33-4)23(11-16)30-26(32)20(14-28)13-19-12-17(2)31(18(19)3)27-22(15-29)21-7-5-6-8-25(21)34-27/h9-13H,5-8H2,1-4H3,(H,30,32)/b20-13+. The van der Waals surface area contributed by atoms with Gasteiger partial charge < -0.3 is 14.6 Å². The van der Waals surface area contributed by atoms with Crippen molar-refractivity contribution < 1.29 is 9.53 Å². The van der Waals surface area contributed by atoms with Crippen LogP contribution in [0.3, 0.4) is 0 Å². The number of rotatable bonds is 5. The molecule has 2 aromatic heterocycles. The molecule has 0 unspecified atom stereocenters. The molecule has 0 radical (unpaired) electrons. The highest BCUT2D eigenvalue weighted by Crippen LogP contribution is 2.38. The van der Waals surface area contributed by atoms with E-state index in [1.54, 1.807) is 29.5 Å². The number of nitrogens with one attached hydrogen (secondary N) is 1. The topological polar surface area (TPSA) is 90.8 Å². The Morgan fingerprint density at radius 3 is 2.65 bits per heavy atom. The fraction of sp³-hybridized carbons (Fsp3) is 0.296. The third-order valence-electron chi connectivity index (χ3n) is 6.21. The second-order valence-electron chi connectivity index (χ2n) is 8.49. The predicted octanol–water partition coefficient (Wildman–Crippen LogP) is 5.77. The molecule has 2 heterocycles. The molecule has 3 aromatic rings. The predicted molar refractivity (Wildman–Crippen MR) is 134 cm³/mol. The molecular formula is C27H26N4O2S. The van der Waals surface area contributed by atoms with Gasteiger partial charge in [0.1, 0.15) is 28.5 Å². The largest absolute Gasteiger partial charge is 0.495 e. The summed E-state index contributed by atoms with van der Waals surface area (Å²) in [6.07, 6.45) is 5.84. The summed E-state index contributed by atoms with van der Waals surface area (Å²) in [4.78, 5) is 14.2. The first-order valence-electron chi connectivity index (χ1n) is 11.2. The molecule has 172 valence electrons. The van der Waals surface area contributed by atoms with Crippen LogP contribution in [0.5, 0.6) is 5.75 Å². The fourth-order valence-corrected chi connectivity index (χ4v) is 5.93. The number of carbonyl (C=O) groups is 1. The molecule has 1 N–H and O–H groups in total. The molecule has 7 heteroatoms. The van der Waals surface area contributed by atoms with Gasteiger partial charge in [0, 0.05) is 16.3 Å². The Kier molecular flexibility index (Phi) is 6.58. The minimum Gasteiger partial charge on any atom is -0.495 e. The van der Waals surface area contributed by atoms with E-state index < -0.39 is 5.91 Å². The maximum atomic E-state index is 12.9. The summed E-state index contributed by atoms with van der Waals surface area (Å²) in [7, 11) is 1.54. The second-order valence-corrected chi connectivity index (χ2v) is 9.58. The number of methoxy groups -OCH3 is 1. The number of aromatic nitrogens is 1. The summed E-state index contributed by atoms with van der Waals surface area (Å²) < 4.78 is 7.40. The van der Waals surface area contributed by atoms with Crippen LogP contribution in [0.1, 0.15) is 51.4 Å². The van der Waals surface area contributed by atoms with Crippen LogP contribution in [-0.4, -0.2) is 17.6 Å². The van der Waals surface area contributed by atoms with Crippen LogP contribution in [0.25, 0.3) is 11.1 Å². The van der Waals surface area contributed by atoms with E-state index in [1.807, 2.05) is 39.0 Å². The summed E-state index contributed by atoms with van der Waals surface area (Å²) in [6, 6.07) is 11.9. The third-order valence-corrected chi connectivity index (χ3v) is 7.48. The van der Waals surface area contributed by atoms with Crippen LogP contribution in [-0.2, 0) is 17.6 Å². The SMILES string of the molecule is COc1ccc(C)cc1NC(=O)/C(C#N)=C/c1cc(C)n(-c2sc3c(c2C#N)CCCC3)c1C. The van der Waals surface area contributed by atoms with Crippen molar-refractivity contribution >= 4 is 29.0 Å². The van der Waals surface area contributed by atoms with Gasteiger partial charge in [-0.05, 0) is 87.4 Å². The average molecular weight is 471 g/mol. The Morgan fingerprint density at radius 2 is 1.94 bits per heavy atom. The van der Waals surface area contributed by atoms with Gasteiger partial charge in [-0.1, -0.05) is 6.07 Å². The maximum Gasteiger partial charge on any atom is 0.266 e. The van der Waals surface area contributed by atoms with Gasteiger partial charge in [-0.3, -0.25) is 4.79 Å². The molecule has 0 saturated heterocycles. The van der Waals surface area contributed by atoms with E-state index in [0.717, 1.165) is 58.8 Å². The van der Waals surface area contributed by atoms with Gasteiger partial charge in [-0.2, -0.15) is 10.5 Å². The zero-order valence-corrected chi connectivity index (χ0v) is 20.6. The van der Waals surface area contributed by atoms with Crippen molar-refractivity contribution in [3.8, 4) is 22.9 Å². The van der Waals surface area contributed by atoms with E-state index in [1.165, 1.54) is 17.6 Å². The zero-order valence-electron chi connectivity index (χ0n) is 19.8. The first-order valence-corrected chi connectivity index (χ1v) is 12.0. The van der Waals surface area contributed by atoms with E-state index in [9.17, 15) is 15.3 Å². The van der Waals surface area contributed by atoms with Crippen molar-refractivity contribution in [3.63, 3.8) is 0 Å². The van der Waals surface area contributed by atoms with Crippen molar-refractivity contribution in [1.82, 2.24) is 4.57 Å². The minimum atomic E-state index is -0.500. The number of fused-ring (bicyclic) bond motifs is 1. The van der Waals surface area contributed by atoms with Crippen molar-refractivity contribution in [3.05, 3.63) is 68.4 Å². The van der Waals surface area contributed by atoms with Crippen molar-refractivity contribution in [2.75, 3.05) is 12.4 Å². The first-order chi connectivity index (χ1) is 16.4. The van der Waals surface area contributed by atoms with Gasteiger partial charge in [0.25, 0.3) is 5.91 Å². The summed E-state index contributed by atoms with van der Waals surface area (Å²) >= 11 is 1.68. The van der Waals surface area contributed by atoms with Crippen LogP contribution >= 0.6 is 11.3 Å². The van der Waals surface area contributed by atoms with Gasteiger partial charge in [0.2, 0.25) is 0 Å². The molecule has 1 amide bonds. The monoisotopic (exact) mass is 470 g/mol. The van der Waals surface area contributed by atoms with Crippen molar-refractivity contribution in [2.45, 2.75) is 46.5 Å². The van der Waals surface area contributed by atoms with Crippen molar-refractivity contribution in [1.29, 1.82) is 10.5 Å². The van der Waals surface area contributed by atoms with E-state index in [-0.39, 0.29) is 5.57 Å². The first kappa shape index (κ1) is 23.4. The number of hydrogen-bond donors (Lipinski definition) is 1. The van der Waals surface area contributed by atoms with Crippen molar-refractivity contribution in [2.24, 2.45) is 0 Å². The summed E-state index contributed by atoms with van der Waals surface area (Å²) in [6.45, 7) is 5.85. The number of amides is 1. The number of hydrogen-bond acceptors (Lipinski definition) is 5. The molecule has 1 aliphatic carbocycles. The van der Waals surface area contributed by atoms with Gasteiger partial charge >= 0.3 is 0 Å². The smallest absolute Gasteiger partial charge is 0.266 e. The van der Waals surface area contributed by atoms with Gasteiger partial charge in [-0.25, -0.2) is 0 Å². The Morgan fingerprint density at radius 1 is 1.18 bits per heavy atom. The molecule has 4 rings (SSSR count). The van der Waals surface area contributed by atoms with Crippen LogP contribution < -0.4 is 10.1 Å². The second kappa shape index (κ2) is 9.59. The van der Waals surface area contributed by atoms with E-state index in [2.05, 4.69) is 16.0 Å². The molecule has 34 heavy (non-hydrogen) atoms. The van der Waals surface area contributed by atoms with Crippen LogP contribution in [0.2, 0.25) is 0 Å². The van der Waals surface area contributed by atoms with Crippen LogP contribution in [0.15, 0.2) is 29.8 Å². The highest BCUT2D eigenvalue weighted by molar-refractivity contribution is 7.15. The quantitative estimate of drug-likeness (QED) is 0.379.